The summed E-state index contributed by atoms with van der Waals surface area (Å²) >= 11 is 1.57. The maximum absolute atomic E-state index is 13.2. The van der Waals surface area contributed by atoms with E-state index in [4.69, 9.17) is 0 Å². The number of piperidine rings is 1. The Morgan fingerprint density at radius 3 is 2.72 bits per heavy atom. The molecule has 29 heavy (non-hydrogen) atoms. The molecule has 1 aliphatic heterocycles. The number of fused-ring (bicyclic) bond motifs is 1. The van der Waals surface area contributed by atoms with E-state index in [-0.39, 0.29) is 17.9 Å². The molecule has 152 valence electrons. The van der Waals surface area contributed by atoms with Crippen LogP contribution in [0.25, 0.3) is 11.0 Å². The van der Waals surface area contributed by atoms with Crippen molar-refractivity contribution >= 4 is 34.1 Å². The van der Waals surface area contributed by atoms with Crippen LogP contribution in [0, 0.1) is 6.92 Å². The topological polar surface area (TPSA) is 80.1 Å². The number of hydrogen-bond donors (Lipinski definition) is 1. The lowest BCUT2D eigenvalue weighted by molar-refractivity contribution is -0.121. The smallest absolute Gasteiger partial charge is 0.294 e. The first-order valence-electron chi connectivity index (χ1n) is 10.0. The summed E-state index contributed by atoms with van der Waals surface area (Å²) in [7, 11) is 0. The Labute approximate surface area is 173 Å². The molecular formula is C21H25N5O2S. The Morgan fingerprint density at radius 1 is 1.17 bits per heavy atom. The molecule has 8 heteroatoms. The molecule has 1 aromatic carbocycles. The van der Waals surface area contributed by atoms with Gasteiger partial charge < -0.3 is 14.8 Å². The molecule has 1 N–H and O–H groups in total. The second-order valence-corrected chi connectivity index (χ2v) is 8.38. The van der Waals surface area contributed by atoms with Crippen molar-refractivity contribution in [3.05, 3.63) is 50.7 Å². The first kappa shape index (κ1) is 19.6. The number of aryl methyl sites for hydroxylation is 2. The van der Waals surface area contributed by atoms with Crippen LogP contribution in [0.5, 0.6) is 0 Å². The number of thiazole rings is 1. The van der Waals surface area contributed by atoms with Gasteiger partial charge >= 0.3 is 0 Å². The van der Waals surface area contributed by atoms with Crippen molar-refractivity contribution in [3.8, 4) is 0 Å². The Hall–Kier alpha value is -2.74. The van der Waals surface area contributed by atoms with E-state index in [9.17, 15) is 9.59 Å². The standard InChI is InChI=1S/C21H25N5O2S/c1-15-23-16(14-29-15)13-22-19(27)9-12-26-18-8-4-3-7-17(18)24-20(21(26)28)25-10-5-2-6-11-25/h3-4,7-8,14H,2,5-6,9-13H2,1H3,(H,22,27). The summed E-state index contributed by atoms with van der Waals surface area (Å²) in [5.41, 5.74) is 2.29. The molecule has 0 spiro atoms. The zero-order chi connectivity index (χ0) is 20.2. The fourth-order valence-electron chi connectivity index (χ4n) is 3.69. The number of carbonyl (C=O) groups is 1. The molecule has 0 radical (unpaired) electrons. The Morgan fingerprint density at radius 2 is 1.97 bits per heavy atom. The molecule has 1 aliphatic rings. The molecule has 1 saturated heterocycles. The summed E-state index contributed by atoms with van der Waals surface area (Å²) in [6.07, 6.45) is 3.58. The number of carbonyl (C=O) groups excluding carboxylic acids is 1. The van der Waals surface area contributed by atoms with Crippen LogP contribution in [0.4, 0.5) is 5.82 Å². The van der Waals surface area contributed by atoms with E-state index in [0.29, 0.717) is 18.9 Å². The molecular weight excluding hydrogens is 386 g/mol. The molecule has 2 aromatic heterocycles. The summed E-state index contributed by atoms with van der Waals surface area (Å²) in [6, 6.07) is 7.63. The average Bonchev–Trinajstić information content (AvgIpc) is 3.17. The lowest BCUT2D eigenvalue weighted by atomic mass is 10.1. The highest BCUT2D eigenvalue weighted by molar-refractivity contribution is 7.09. The number of nitrogens with zero attached hydrogens (tertiary/aromatic N) is 4. The van der Waals surface area contributed by atoms with Gasteiger partial charge in [-0.25, -0.2) is 9.97 Å². The van der Waals surface area contributed by atoms with E-state index < -0.39 is 0 Å². The minimum absolute atomic E-state index is 0.0945. The average molecular weight is 412 g/mol. The van der Waals surface area contributed by atoms with Crippen LogP contribution in [0.15, 0.2) is 34.4 Å². The van der Waals surface area contributed by atoms with Gasteiger partial charge in [-0.15, -0.1) is 11.3 Å². The molecule has 0 atom stereocenters. The van der Waals surface area contributed by atoms with Crippen molar-refractivity contribution in [2.75, 3.05) is 18.0 Å². The predicted molar refractivity (Wildman–Crippen MR) is 115 cm³/mol. The van der Waals surface area contributed by atoms with Gasteiger partial charge in [-0.1, -0.05) is 12.1 Å². The fraction of sp³-hybridized carbons (Fsp3) is 0.429. The SMILES string of the molecule is Cc1nc(CNC(=O)CCn2c(=O)c(N3CCCCC3)nc3ccccc32)cs1. The number of aromatic nitrogens is 3. The van der Waals surface area contributed by atoms with Crippen molar-refractivity contribution in [3.63, 3.8) is 0 Å². The first-order chi connectivity index (χ1) is 14.1. The van der Waals surface area contributed by atoms with Crippen molar-refractivity contribution in [2.24, 2.45) is 0 Å². The maximum Gasteiger partial charge on any atom is 0.294 e. The molecule has 0 unspecified atom stereocenters. The monoisotopic (exact) mass is 411 g/mol. The number of para-hydroxylation sites is 2. The highest BCUT2D eigenvalue weighted by Crippen LogP contribution is 2.18. The minimum atomic E-state index is -0.117. The molecule has 0 aliphatic carbocycles. The molecule has 7 nitrogen and oxygen atoms in total. The fourth-order valence-corrected chi connectivity index (χ4v) is 4.31. The highest BCUT2D eigenvalue weighted by atomic mass is 32.1. The van der Waals surface area contributed by atoms with E-state index in [1.165, 1.54) is 6.42 Å². The van der Waals surface area contributed by atoms with Crippen LogP contribution < -0.4 is 15.8 Å². The van der Waals surface area contributed by atoms with Crippen LogP contribution in [0.3, 0.4) is 0 Å². The van der Waals surface area contributed by atoms with Gasteiger partial charge in [-0.3, -0.25) is 9.59 Å². The van der Waals surface area contributed by atoms with E-state index >= 15 is 0 Å². The van der Waals surface area contributed by atoms with Crippen molar-refractivity contribution in [2.45, 2.75) is 45.7 Å². The van der Waals surface area contributed by atoms with Gasteiger partial charge in [-0.2, -0.15) is 0 Å². The van der Waals surface area contributed by atoms with Crippen molar-refractivity contribution in [1.29, 1.82) is 0 Å². The third-order valence-electron chi connectivity index (χ3n) is 5.19. The zero-order valence-corrected chi connectivity index (χ0v) is 17.4. The number of amides is 1. The largest absolute Gasteiger partial charge is 0.352 e. The second kappa shape index (κ2) is 8.73. The molecule has 4 rings (SSSR count). The van der Waals surface area contributed by atoms with E-state index in [0.717, 1.165) is 47.7 Å². The minimum Gasteiger partial charge on any atom is -0.352 e. The number of hydrogen-bond acceptors (Lipinski definition) is 6. The van der Waals surface area contributed by atoms with E-state index in [1.54, 1.807) is 15.9 Å². The molecule has 3 aromatic rings. The van der Waals surface area contributed by atoms with Gasteiger partial charge in [0.15, 0.2) is 5.82 Å². The van der Waals surface area contributed by atoms with Gasteiger partial charge in [0.05, 0.1) is 28.3 Å². The first-order valence-corrected chi connectivity index (χ1v) is 10.9. The highest BCUT2D eigenvalue weighted by Gasteiger charge is 2.19. The molecule has 1 amide bonds. The molecule has 3 heterocycles. The van der Waals surface area contributed by atoms with Crippen LogP contribution >= 0.6 is 11.3 Å². The number of rotatable bonds is 6. The Balaban J connectivity index is 1.53. The predicted octanol–water partition coefficient (Wildman–Crippen LogP) is 2.86. The van der Waals surface area contributed by atoms with Gasteiger partial charge in [0.25, 0.3) is 5.56 Å². The normalized spacial score (nSPS) is 14.3. The molecule has 1 fully saturated rings. The Kier molecular flexibility index (Phi) is 5.89. The summed E-state index contributed by atoms with van der Waals surface area (Å²) < 4.78 is 1.69. The zero-order valence-electron chi connectivity index (χ0n) is 16.6. The third kappa shape index (κ3) is 4.48. The van der Waals surface area contributed by atoms with E-state index in [2.05, 4.69) is 20.2 Å². The summed E-state index contributed by atoms with van der Waals surface area (Å²) in [6.45, 7) is 4.39. The van der Waals surface area contributed by atoms with Crippen molar-refractivity contribution < 1.29 is 4.79 Å². The van der Waals surface area contributed by atoms with Gasteiger partial charge in [0, 0.05) is 31.4 Å². The van der Waals surface area contributed by atoms with Crippen LogP contribution in [0.1, 0.15) is 36.4 Å². The summed E-state index contributed by atoms with van der Waals surface area (Å²) in [4.78, 5) is 36.6. The molecule has 0 bridgehead atoms. The summed E-state index contributed by atoms with van der Waals surface area (Å²) in [5, 5.41) is 5.82. The second-order valence-electron chi connectivity index (χ2n) is 7.31. The lowest BCUT2D eigenvalue weighted by Gasteiger charge is -2.27. The van der Waals surface area contributed by atoms with Gasteiger partial charge in [0.1, 0.15) is 0 Å². The van der Waals surface area contributed by atoms with E-state index in [1.807, 2.05) is 36.6 Å². The van der Waals surface area contributed by atoms with Crippen LogP contribution in [0.2, 0.25) is 0 Å². The van der Waals surface area contributed by atoms with Gasteiger partial charge in [0.2, 0.25) is 5.91 Å². The Bertz CT molecular complexity index is 1070. The maximum atomic E-state index is 13.2. The summed E-state index contributed by atoms with van der Waals surface area (Å²) in [5.74, 6) is 0.407. The third-order valence-corrected chi connectivity index (χ3v) is 6.01. The number of anilines is 1. The van der Waals surface area contributed by atoms with Gasteiger partial charge in [-0.05, 0) is 38.3 Å². The molecule has 0 saturated carbocycles. The number of nitrogens with one attached hydrogen (secondary N) is 1. The number of benzene rings is 1. The quantitative estimate of drug-likeness (QED) is 0.675. The lowest BCUT2D eigenvalue weighted by Crippen LogP contribution is -2.37. The van der Waals surface area contributed by atoms with Crippen LogP contribution in [-0.2, 0) is 17.9 Å². The van der Waals surface area contributed by atoms with Crippen molar-refractivity contribution in [1.82, 2.24) is 19.9 Å². The van der Waals surface area contributed by atoms with Crippen LogP contribution in [-0.4, -0.2) is 33.5 Å².